The third-order valence-corrected chi connectivity index (χ3v) is 2.82. The van der Waals surface area contributed by atoms with Gasteiger partial charge >= 0.3 is 0 Å². The van der Waals surface area contributed by atoms with Crippen LogP contribution < -0.4 is 5.32 Å². The van der Waals surface area contributed by atoms with Crippen molar-refractivity contribution in [1.29, 1.82) is 0 Å². The first kappa shape index (κ1) is 15.5. The fourth-order valence-corrected chi connectivity index (χ4v) is 2.58. The Morgan fingerprint density at radius 1 is 1.21 bits per heavy atom. The molecule has 1 aromatic carbocycles. The summed E-state index contributed by atoms with van der Waals surface area (Å²) in [6.07, 6.45) is 0.859. The lowest BCUT2D eigenvalue weighted by Gasteiger charge is -2.33. The molecule has 0 bridgehead atoms. The lowest BCUT2D eigenvalue weighted by molar-refractivity contribution is 0.0889. The van der Waals surface area contributed by atoms with Crippen LogP contribution in [0.4, 0.5) is 0 Å². The van der Waals surface area contributed by atoms with Gasteiger partial charge in [0, 0.05) is 5.54 Å². The molecule has 0 aliphatic rings. The van der Waals surface area contributed by atoms with E-state index >= 15 is 0 Å². The maximum absolute atomic E-state index is 12.2. The van der Waals surface area contributed by atoms with E-state index in [1.807, 2.05) is 26.8 Å². The van der Waals surface area contributed by atoms with E-state index in [-0.39, 0.29) is 22.6 Å². The van der Waals surface area contributed by atoms with Gasteiger partial charge in [0.1, 0.15) is 5.75 Å². The van der Waals surface area contributed by atoms with Gasteiger partial charge in [-0.15, -0.1) is 0 Å². The number of benzene rings is 1. The Hall–Kier alpha value is -1.51. The highest BCUT2D eigenvalue weighted by Gasteiger charge is 2.28. The number of carbonyl (C=O) groups excluding carboxylic acids is 1. The number of aryl methyl sites for hydroxylation is 1. The van der Waals surface area contributed by atoms with Gasteiger partial charge in [0.2, 0.25) is 0 Å². The summed E-state index contributed by atoms with van der Waals surface area (Å²) in [5.74, 6) is -0.198. The molecule has 106 valence electrons. The molecule has 0 heterocycles. The predicted octanol–water partition coefficient (Wildman–Crippen LogP) is 3.65. The minimum atomic E-state index is -0.313. The molecular formula is C16H25NO2. The molecule has 0 atom stereocenters. The average Bonchev–Trinajstić information content (AvgIpc) is 2.11. The van der Waals surface area contributed by atoms with Crippen LogP contribution in [0.2, 0.25) is 0 Å². The molecule has 0 unspecified atom stereocenters. The van der Waals surface area contributed by atoms with E-state index in [0.717, 1.165) is 12.0 Å². The first-order valence-corrected chi connectivity index (χ1v) is 6.62. The lowest BCUT2D eigenvalue weighted by Crippen LogP contribution is -2.45. The Bertz CT molecular complexity index is 470. The minimum Gasteiger partial charge on any atom is -0.507 e. The van der Waals surface area contributed by atoms with Crippen LogP contribution in [0.15, 0.2) is 18.2 Å². The van der Waals surface area contributed by atoms with Gasteiger partial charge in [-0.2, -0.15) is 0 Å². The maximum Gasteiger partial charge on any atom is 0.255 e. The van der Waals surface area contributed by atoms with E-state index in [4.69, 9.17) is 0 Å². The highest BCUT2D eigenvalue weighted by Crippen LogP contribution is 2.27. The van der Waals surface area contributed by atoms with Gasteiger partial charge in [-0.05, 0) is 50.3 Å². The standard InChI is InChI=1S/C16H25NO2/c1-11-7-8-12(13(18)9-11)14(19)17-16(5,6)10-15(2,3)4/h7-9,18H,10H2,1-6H3,(H,17,19). The van der Waals surface area contributed by atoms with Crippen molar-refractivity contribution >= 4 is 5.91 Å². The van der Waals surface area contributed by atoms with Crippen molar-refractivity contribution in [2.24, 2.45) is 5.41 Å². The van der Waals surface area contributed by atoms with Crippen LogP contribution in [0.25, 0.3) is 0 Å². The number of phenols is 1. The van der Waals surface area contributed by atoms with Crippen LogP contribution in [0, 0.1) is 12.3 Å². The second-order valence-electron chi connectivity index (χ2n) is 7.10. The van der Waals surface area contributed by atoms with Crippen LogP contribution in [-0.2, 0) is 0 Å². The molecule has 1 amide bonds. The van der Waals surface area contributed by atoms with E-state index < -0.39 is 0 Å². The second kappa shape index (κ2) is 5.24. The summed E-state index contributed by atoms with van der Waals surface area (Å²) in [4.78, 5) is 12.2. The number of amides is 1. The summed E-state index contributed by atoms with van der Waals surface area (Å²) in [7, 11) is 0. The van der Waals surface area contributed by atoms with Crippen LogP contribution in [0.5, 0.6) is 5.75 Å². The SMILES string of the molecule is Cc1ccc(C(=O)NC(C)(C)CC(C)(C)C)c(O)c1. The Morgan fingerprint density at radius 3 is 2.26 bits per heavy atom. The Balaban J connectivity index is 2.84. The summed E-state index contributed by atoms with van der Waals surface area (Å²) in [5, 5.41) is 12.8. The molecule has 0 aromatic heterocycles. The number of hydrogen-bond donors (Lipinski definition) is 2. The third-order valence-electron chi connectivity index (χ3n) is 2.82. The number of rotatable bonds is 3. The number of aromatic hydroxyl groups is 1. The van der Waals surface area contributed by atoms with Crippen LogP contribution in [0.1, 0.15) is 57.0 Å². The molecule has 0 radical (unpaired) electrons. The van der Waals surface area contributed by atoms with E-state index in [1.165, 1.54) is 0 Å². The van der Waals surface area contributed by atoms with Crippen LogP contribution in [0.3, 0.4) is 0 Å². The van der Waals surface area contributed by atoms with Gasteiger partial charge < -0.3 is 10.4 Å². The molecule has 3 nitrogen and oxygen atoms in total. The second-order valence-corrected chi connectivity index (χ2v) is 7.10. The van der Waals surface area contributed by atoms with Crippen molar-refractivity contribution in [3.05, 3.63) is 29.3 Å². The largest absolute Gasteiger partial charge is 0.507 e. The molecule has 1 aromatic rings. The number of carbonyl (C=O) groups is 1. The zero-order valence-electron chi connectivity index (χ0n) is 12.8. The molecule has 0 saturated carbocycles. The zero-order valence-corrected chi connectivity index (χ0v) is 12.8. The van der Waals surface area contributed by atoms with Gasteiger partial charge in [-0.1, -0.05) is 26.8 Å². The summed E-state index contributed by atoms with van der Waals surface area (Å²) >= 11 is 0. The van der Waals surface area contributed by atoms with Gasteiger partial charge in [-0.3, -0.25) is 4.79 Å². The van der Waals surface area contributed by atoms with Crippen molar-refractivity contribution in [2.45, 2.75) is 53.5 Å². The summed E-state index contributed by atoms with van der Waals surface area (Å²) in [6, 6.07) is 5.09. The molecule has 0 saturated heterocycles. The van der Waals surface area contributed by atoms with Gasteiger partial charge in [0.25, 0.3) is 5.91 Å². The first-order valence-electron chi connectivity index (χ1n) is 6.62. The third kappa shape index (κ3) is 4.93. The Kier molecular flexibility index (Phi) is 4.28. The predicted molar refractivity (Wildman–Crippen MR) is 78.5 cm³/mol. The van der Waals surface area contributed by atoms with Gasteiger partial charge in [0.15, 0.2) is 0 Å². The van der Waals surface area contributed by atoms with E-state index in [1.54, 1.807) is 12.1 Å². The molecule has 0 fully saturated rings. The molecule has 19 heavy (non-hydrogen) atoms. The van der Waals surface area contributed by atoms with E-state index in [2.05, 4.69) is 26.1 Å². The number of nitrogens with one attached hydrogen (secondary N) is 1. The van der Waals surface area contributed by atoms with Crippen molar-refractivity contribution in [3.63, 3.8) is 0 Å². The van der Waals surface area contributed by atoms with E-state index in [0.29, 0.717) is 5.56 Å². The molecule has 0 aliphatic carbocycles. The number of hydrogen-bond acceptors (Lipinski definition) is 2. The lowest BCUT2D eigenvalue weighted by atomic mass is 9.81. The van der Waals surface area contributed by atoms with Crippen molar-refractivity contribution in [3.8, 4) is 5.75 Å². The summed E-state index contributed by atoms with van der Waals surface area (Å²) < 4.78 is 0. The Morgan fingerprint density at radius 2 is 1.79 bits per heavy atom. The normalized spacial score (nSPS) is 12.3. The number of phenolic OH excluding ortho intramolecular Hbond substituents is 1. The minimum absolute atomic E-state index is 0.0315. The summed E-state index contributed by atoms with van der Waals surface area (Å²) in [5.41, 5.74) is 1.08. The quantitative estimate of drug-likeness (QED) is 0.874. The molecule has 0 aliphatic heterocycles. The van der Waals surface area contributed by atoms with E-state index in [9.17, 15) is 9.90 Å². The topological polar surface area (TPSA) is 49.3 Å². The molecule has 0 spiro atoms. The highest BCUT2D eigenvalue weighted by molar-refractivity contribution is 5.97. The van der Waals surface area contributed by atoms with Crippen molar-refractivity contribution < 1.29 is 9.90 Å². The average molecular weight is 263 g/mol. The molecule has 2 N–H and O–H groups in total. The Labute approximate surface area is 116 Å². The first-order chi connectivity index (χ1) is 8.50. The van der Waals surface area contributed by atoms with Crippen molar-refractivity contribution in [2.75, 3.05) is 0 Å². The van der Waals surface area contributed by atoms with Gasteiger partial charge in [-0.25, -0.2) is 0 Å². The van der Waals surface area contributed by atoms with Crippen molar-refractivity contribution in [1.82, 2.24) is 5.32 Å². The fraction of sp³-hybridized carbons (Fsp3) is 0.562. The zero-order chi connectivity index (χ0) is 14.8. The highest BCUT2D eigenvalue weighted by atomic mass is 16.3. The van der Waals surface area contributed by atoms with Gasteiger partial charge in [0.05, 0.1) is 5.56 Å². The molecular weight excluding hydrogens is 238 g/mol. The van der Waals surface area contributed by atoms with Crippen LogP contribution >= 0.6 is 0 Å². The molecule has 1 rings (SSSR count). The fourth-order valence-electron chi connectivity index (χ4n) is 2.58. The smallest absolute Gasteiger partial charge is 0.255 e. The van der Waals surface area contributed by atoms with Crippen LogP contribution in [-0.4, -0.2) is 16.6 Å². The monoisotopic (exact) mass is 263 g/mol. The maximum atomic E-state index is 12.2. The summed E-state index contributed by atoms with van der Waals surface area (Å²) in [6.45, 7) is 12.3. The molecule has 3 heteroatoms.